The molecule has 0 aliphatic rings. The first-order chi connectivity index (χ1) is 16.0. The van der Waals surface area contributed by atoms with Gasteiger partial charge in [-0.25, -0.2) is 12.8 Å². The molecule has 0 spiro atoms. The average Bonchev–Trinajstić information content (AvgIpc) is 3.10. The molecule has 1 heterocycles. The third-order valence-electron chi connectivity index (χ3n) is 5.35. The van der Waals surface area contributed by atoms with Gasteiger partial charge in [-0.1, -0.05) is 44.2 Å². The number of sulfonamides is 1. The molecule has 0 aliphatic heterocycles. The summed E-state index contributed by atoms with van der Waals surface area (Å²) in [5.41, 5.74) is 7.38. The van der Waals surface area contributed by atoms with E-state index in [0.717, 1.165) is 23.5 Å². The number of amides is 2. The van der Waals surface area contributed by atoms with Gasteiger partial charge in [0.15, 0.2) is 0 Å². The van der Waals surface area contributed by atoms with Gasteiger partial charge in [-0.05, 0) is 50.1 Å². The second-order valence-corrected chi connectivity index (χ2v) is 9.85. The second-order valence-electron chi connectivity index (χ2n) is 8.17. The Bertz CT molecular complexity index is 1300. The molecule has 8 nitrogen and oxygen atoms in total. The van der Waals surface area contributed by atoms with Crippen molar-refractivity contribution in [1.29, 1.82) is 0 Å². The molecule has 0 saturated heterocycles. The van der Waals surface area contributed by atoms with Crippen LogP contribution in [0.1, 0.15) is 35.6 Å². The quantitative estimate of drug-likeness (QED) is 0.446. The lowest BCUT2D eigenvalue weighted by atomic mass is 10.1. The maximum Gasteiger partial charge on any atom is 0.271 e. The largest absolute Gasteiger partial charge is 0.318 e. The highest BCUT2D eigenvalue weighted by Crippen LogP contribution is 2.20. The van der Waals surface area contributed by atoms with Crippen LogP contribution in [0.15, 0.2) is 65.6 Å². The highest BCUT2D eigenvalue weighted by Gasteiger charge is 2.30. The number of halogens is 1. The average molecular weight is 487 g/mol. The molecule has 2 amide bonds. The monoisotopic (exact) mass is 486 g/mol. The second kappa shape index (κ2) is 10.2. The smallest absolute Gasteiger partial charge is 0.271 e. The fourth-order valence-electron chi connectivity index (χ4n) is 3.62. The van der Waals surface area contributed by atoms with E-state index >= 15 is 0 Å². The van der Waals surface area contributed by atoms with Crippen molar-refractivity contribution in [3.8, 4) is 5.69 Å². The molecule has 10 heteroatoms. The molecule has 3 N–H and O–H groups in total. The zero-order chi connectivity index (χ0) is 25.0. The predicted molar refractivity (Wildman–Crippen MR) is 126 cm³/mol. The minimum absolute atomic E-state index is 0.356. The molecular formula is C24H27FN4O4S. The molecule has 1 unspecified atom stereocenters. The van der Waals surface area contributed by atoms with E-state index in [1.807, 2.05) is 41.8 Å². The predicted octanol–water partition coefficient (Wildman–Crippen LogP) is 3.00. The van der Waals surface area contributed by atoms with E-state index in [1.54, 1.807) is 26.8 Å². The van der Waals surface area contributed by atoms with Gasteiger partial charge < -0.3 is 4.57 Å². The Morgan fingerprint density at radius 3 is 2.18 bits per heavy atom. The Hall–Kier alpha value is -3.50. The molecule has 0 fully saturated rings. The lowest BCUT2D eigenvalue weighted by molar-refractivity contribution is -0.124. The highest BCUT2D eigenvalue weighted by atomic mass is 32.2. The van der Waals surface area contributed by atoms with E-state index in [-0.39, 0.29) is 0 Å². The minimum Gasteiger partial charge on any atom is -0.318 e. The Balaban J connectivity index is 1.74. The van der Waals surface area contributed by atoms with E-state index in [1.165, 1.54) is 12.1 Å². The number of aromatic nitrogens is 1. The van der Waals surface area contributed by atoms with Gasteiger partial charge in [0.05, 0.1) is 5.56 Å². The molecule has 2 aromatic carbocycles. The number of carbonyl (C=O) groups excluding carboxylic acids is 2. The van der Waals surface area contributed by atoms with E-state index in [2.05, 4.69) is 15.6 Å². The first-order valence-electron chi connectivity index (χ1n) is 10.6. The van der Waals surface area contributed by atoms with Crippen LogP contribution in [0.4, 0.5) is 4.39 Å². The Kier molecular flexibility index (Phi) is 7.53. The molecule has 0 radical (unpaired) electrons. The molecule has 1 atom stereocenters. The zero-order valence-corrected chi connectivity index (χ0v) is 20.1. The van der Waals surface area contributed by atoms with Crippen LogP contribution < -0.4 is 15.6 Å². The number of hydrazine groups is 1. The number of aryl methyl sites for hydroxylation is 1. The number of carbonyl (C=O) groups is 2. The third-order valence-corrected chi connectivity index (χ3v) is 6.82. The third kappa shape index (κ3) is 5.35. The van der Waals surface area contributed by atoms with Gasteiger partial charge in [0.25, 0.3) is 11.8 Å². The van der Waals surface area contributed by atoms with Crippen LogP contribution in [-0.2, 0) is 14.8 Å². The van der Waals surface area contributed by atoms with Crippen molar-refractivity contribution in [1.82, 2.24) is 20.1 Å². The van der Waals surface area contributed by atoms with Gasteiger partial charge in [0, 0.05) is 17.1 Å². The van der Waals surface area contributed by atoms with Crippen molar-refractivity contribution in [2.75, 3.05) is 0 Å². The van der Waals surface area contributed by atoms with E-state index in [4.69, 9.17) is 0 Å². The van der Waals surface area contributed by atoms with Gasteiger partial charge in [-0.15, -0.1) is 0 Å². The number of para-hydroxylation sites is 1. The van der Waals surface area contributed by atoms with Gasteiger partial charge in [-0.2, -0.15) is 4.72 Å². The lowest BCUT2D eigenvalue weighted by Crippen LogP contribution is -2.54. The molecule has 3 rings (SSSR count). The Labute approximate surface area is 198 Å². The first-order valence-corrected chi connectivity index (χ1v) is 12.1. The molecule has 180 valence electrons. The Morgan fingerprint density at radius 1 is 0.941 bits per heavy atom. The maximum absolute atomic E-state index is 14.0. The van der Waals surface area contributed by atoms with Crippen molar-refractivity contribution < 1.29 is 22.4 Å². The number of nitrogens with zero attached hydrogens (tertiary/aromatic N) is 1. The zero-order valence-electron chi connectivity index (χ0n) is 19.3. The summed E-state index contributed by atoms with van der Waals surface area (Å²) in [5.74, 6) is -2.75. The molecule has 0 aliphatic carbocycles. The van der Waals surface area contributed by atoms with Gasteiger partial charge >= 0.3 is 0 Å². The van der Waals surface area contributed by atoms with Crippen LogP contribution in [0.3, 0.4) is 0 Å². The standard InChI is InChI=1S/C24H27FN4O4S/c1-15(2)22(28-34(32,33)21-13-9-8-12-20(21)25)24(31)27-26-23(30)19-14-16(3)29(17(19)4)18-10-6-5-7-11-18/h5-15,22,28H,1-4H3,(H,26,30)(H,27,31). The number of hydrogen-bond acceptors (Lipinski definition) is 4. The molecule has 34 heavy (non-hydrogen) atoms. The summed E-state index contributed by atoms with van der Waals surface area (Å²) < 4.78 is 43.4. The number of rotatable bonds is 7. The minimum atomic E-state index is -4.31. The summed E-state index contributed by atoms with van der Waals surface area (Å²) in [6.07, 6.45) is 0. The van der Waals surface area contributed by atoms with Gasteiger partial charge in [-0.3, -0.25) is 20.4 Å². The van der Waals surface area contributed by atoms with Crippen molar-refractivity contribution >= 4 is 21.8 Å². The Morgan fingerprint density at radius 2 is 1.56 bits per heavy atom. The summed E-state index contributed by atoms with van der Waals surface area (Å²) in [6.45, 7) is 6.91. The summed E-state index contributed by atoms with van der Waals surface area (Å²) in [6, 6.07) is 14.8. The van der Waals surface area contributed by atoms with Crippen LogP contribution in [0.5, 0.6) is 0 Å². The fourth-order valence-corrected chi connectivity index (χ4v) is 5.04. The topological polar surface area (TPSA) is 109 Å². The van der Waals surface area contributed by atoms with Crippen molar-refractivity contribution in [2.24, 2.45) is 5.92 Å². The van der Waals surface area contributed by atoms with Crippen molar-refractivity contribution in [3.05, 3.63) is 83.4 Å². The van der Waals surface area contributed by atoms with Crippen LogP contribution in [0.2, 0.25) is 0 Å². The van der Waals surface area contributed by atoms with Crippen LogP contribution >= 0.6 is 0 Å². The summed E-state index contributed by atoms with van der Waals surface area (Å²) in [5, 5.41) is 0. The van der Waals surface area contributed by atoms with Gasteiger partial charge in [0.2, 0.25) is 10.0 Å². The molecule has 3 aromatic rings. The van der Waals surface area contributed by atoms with E-state index in [9.17, 15) is 22.4 Å². The summed E-state index contributed by atoms with van der Waals surface area (Å²) in [7, 11) is -4.31. The first kappa shape index (κ1) is 25.1. The number of nitrogens with one attached hydrogen (secondary N) is 3. The van der Waals surface area contributed by atoms with Crippen LogP contribution in [0, 0.1) is 25.6 Å². The summed E-state index contributed by atoms with van der Waals surface area (Å²) in [4.78, 5) is 25.0. The van der Waals surface area contributed by atoms with Gasteiger partial charge in [0.1, 0.15) is 16.8 Å². The van der Waals surface area contributed by atoms with E-state index in [0.29, 0.717) is 11.3 Å². The molecule has 0 saturated carbocycles. The number of benzene rings is 2. The highest BCUT2D eigenvalue weighted by molar-refractivity contribution is 7.89. The molecular weight excluding hydrogens is 459 g/mol. The number of hydrogen-bond donors (Lipinski definition) is 3. The molecule has 0 bridgehead atoms. The summed E-state index contributed by atoms with van der Waals surface area (Å²) >= 11 is 0. The lowest BCUT2D eigenvalue weighted by Gasteiger charge is -2.22. The fraction of sp³-hybridized carbons (Fsp3) is 0.250. The van der Waals surface area contributed by atoms with E-state index < -0.39 is 44.5 Å². The van der Waals surface area contributed by atoms with Crippen molar-refractivity contribution in [3.63, 3.8) is 0 Å². The maximum atomic E-state index is 14.0. The van der Waals surface area contributed by atoms with Crippen molar-refractivity contribution in [2.45, 2.75) is 38.6 Å². The van der Waals surface area contributed by atoms with Crippen LogP contribution in [-0.4, -0.2) is 30.8 Å². The molecule has 1 aromatic heterocycles. The normalized spacial score (nSPS) is 12.4. The SMILES string of the molecule is Cc1cc(C(=O)NNC(=O)C(NS(=O)(=O)c2ccccc2F)C(C)C)c(C)n1-c1ccccc1. The van der Waals surface area contributed by atoms with Crippen LogP contribution in [0.25, 0.3) is 5.69 Å².